The molecule has 2 rings (SSSR count). The minimum atomic E-state index is 0.161. The van der Waals surface area contributed by atoms with Gasteiger partial charge in [0, 0.05) is 10.5 Å². The first-order valence-corrected chi connectivity index (χ1v) is 7.46. The highest BCUT2D eigenvalue weighted by Gasteiger charge is 2.07. The third-order valence-corrected chi connectivity index (χ3v) is 4.27. The van der Waals surface area contributed by atoms with E-state index >= 15 is 0 Å². The molecular formula is C17H18O2S. The van der Waals surface area contributed by atoms with Crippen LogP contribution < -0.4 is 4.74 Å². The van der Waals surface area contributed by atoms with Crippen molar-refractivity contribution in [1.29, 1.82) is 0 Å². The molecule has 2 aromatic rings. The van der Waals surface area contributed by atoms with Crippen LogP contribution in [0.2, 0.25) is 0 Å². The second-order valence-electron chi connectivity index (χ2n) is 4.69. The van der Waals surface area contributed by atoms with Gasteiger partial charge in [0.25, 0.3) is 0 Å². The molecule has 104 valence electrons. The summed E-state index contributed by atoms with van der Waals surface area (Å²) in [5, 5.41) is 0. The zero-order valence-electron chi connectivity index (χ0n) is 12.0. The molecule has 0 aliphatic heterocycles. The van der Waals surface area contributed by atoms with Crippen molar-refractivity contribution >= 4 is 17.5 Å². The molecular weight excluding hydrogens is 268 g/mol. The highest BCUT2D eigenvalue weighted by Crippen LogP contribution is 2.22. The number of ether oxygens (including phenoxy) is 1. The highest BCUT2D eigenvalue weighted by atomic mass is 32.2. The molecule has 0 bridgehead atoms. The first-order chi connectivity index (χ1) is 9.60. The zero-order chi connectivity index (χ0) is 14.5. The third-order valence-electron chi connectivity index (χ3n) is 3.26. The van der Waals surface area contributed by atoms with Crippen molar-refractivity contribution in [2.24, 2.45) is 0 Å². The van der Waals surface area contributed by atoms with Gasteiger partial charge in [-0.1, -0.05) is 12.1 Å². The summed E-state index contributed by atoms with van der Waals surface area (Å²) >= 11 is 1.55. The molecule has 20 heavy (non-hydrogen) atoms. The minimum absolute atomic E-state index is 0.161. The maximum Gasteiger partial charge on any atom is 0.173 e. The molecule has 2 aromatic carbocycles. The van der Waals surface area contributed by atoms with E-state index < -0.39 is 0 Å². The number of methoxy groups -OCH3 is 1. The molecule has 0 aliphatic rings. The van der Waals surface area contributed by atoms with E-state index in [1.54, 1.807) is 18.9 Å². The molecule has 0 fully saturated rings. The van der Waals surface area contributed by atoms with Gasteiger partial charge in [0.05, 0.1) is 12.9 Å². The number of carbonyl (C=O) groups is 1. The van der Waals surface area contributed by atoms with Gasteiger partial charge in [-0.25, -0.2) is 0 Å². The Kier molecular flexibility index (Phi) is 4.85. The number of ketones is 1. The lowest BCUT2D eigenvalue weighted by molar-refractivity contribution is 0.102. The molecule has 0 radical (unpaired) electrons. The largest absolute Gasteiger partial charge is 0.497 e. The Morgan fingerprint density at radius 1 is 1.05 bits per heavy atom. The van der Waals surface area contributed by atoms with E-state index in [1.807, 2.05) is 49.4 Å². The Morgan fingerprint density at radius 3 is 2.35 bits per heavy atom. The standard InChI is InChI=1S/C17H18O2S/c1-12-4-5-14(10-13(12)2)17(18)11-20-16-8-6-15(19-3)7-9-16/h4-10H,11H2,1-3H3. The lowest BCUT2D eigenvalue weighted by atomic mass is 10.0. The SMILES string of the molecule is COc1ccc(SCC(=O)c2ccc(C)c(C)c2)cc1. The van der Waals surface area contributed by atoms with Crippen molar-refractivity contribution in [2.45, 2.75) is 18.7 Å². The quantitative estimate of drug-likeness (QED) is 0.606. The number of rotatable bonds is 5. The van der Waals surface area contributed by atoms with Gasteiger partial charge in [0.2, 0.25) is 0 Å². The van der Waals surface area contributed by atoms with Crippen LogP contribution in [0.3, 0.4) is 0 Å². The first kappa shape index (κ1) is 14.7. The van der Waals surface area contributed by atoms with Gasteiger partial charge in [0.1, 0.15) is 5.75 Å². The number of Topliss-reactive ketones (excluding diaryl/α,β-unsaturated/α-hetero) is 1. The zero-order valence-corrected chi connectivity index (χ0v) is 12.8. The van der Waals surface area contributed by atoms with Crippen molar-refractivity contribution < 1.29 is 9.53 Å². The van der Waals surface area contributed by atoms with Crippen molar-refractivity contribution in [1.82, 2.24) is 0 Å². The molecule has 0 aliphatic carbocycles. The van der Waals surface area contributed by atoms with E-state index in [0.717, 1.165) is 21.8 Å². The minimum Gasteiger partial charge on any atom is -0.497 e. The van der Waals surface area contributed by atoms with E-state index in [0.29, 0.717) is 5.75 Å². The fraction of sp³-hybridized carbons (Fsp3) is 0.235. The molecule has 0 N–H and O–H groups in total. The fourth-order valence-corrected chi connectivity index (χ4v) is 2.61. The maximum absolute atomic E-state index is 12.2. The van der Waals surface area contributed by atoms with Crippen LogP contribution >= 0.6 is 11.8 Å². The normalized spacial score (nSPS) is 10.3. The van der Waals surface area contributed by atoms with Crippen LogP contribution in [0.4, 0.5) is 0 Å². The molecule has 0 amide bonds. The Morgan fingerprint density at radius 2 is 1.75 bits per heavy atom. The molecule has 3 heteroatoms. The maximum atomic E-state index is 12.2. The number of thioether (sulfide) groups is 1. The lowest BCUT2D eigenvalue weighted by Gasteiger charge is -2.05. The van der Waals surface area contributed by atoms with E-state index in [2.05, 4.69) is 6.92 Å². The van der Waals surface area contributed by atoms with Gasteiger partial charge in [-0.2, -0.15) is 0 Å². The fourth-order valence-electron chi connectivity index (χ4n) is 1.82. The smallest absolute Gasteiger partial charge is 0.173 e. The van der Waals surface area contributed by atoms with Gasteiger partial charge >= 0.3 is 0 Å². The topological polar surface area (TPSA) is 26.3 Å². The summed E-state index contributed by atoms with van der Waals surface area (Å²) in [7, 11) is 1.64. The van der Waals surface area contributed by atoms with E-state index in [9.17, 15) is 4.79 Å². The summed E-state index contributed by atoms with van der Waals surface area (Å²) in [4.78, 5) is 13.2. The average molecular weight is 286 g/mol. The molecule has 0 saturated heterocycles. The number of benzene rings is 2. The first-order valence-electron chi connectivity index (χ1n) is 6.47. The van der Waals surface area contributed by atoms with E-state index in [1.165, 1.54) is 5.56 Å². The monoisotopic (exact) mass is 286 g/mol. The molecule has 0 heterocycles. The highest BCUT2D eigenvalue weighted by molar-refractivity contribution is 8.00. The van der Waals surface area contributed by atoms with Crippen LogP contribution in [-0.2, 0) is 0 Å². The van der Waals surface area contributed by atoms with Crippen molar-refractivity contribution in [3.63, 3.8) is 0 Å². The number of carbonyl (C=O) groups excluding carboxylic acids is 1. The summed E-state index contributed by atoms with van der Waals surface area (Å²) in [5.41, 5.74) is 3.16. The van der Waals surface area contributed by atoms with E-state index in [-0.39, 0.29) is 5.78 Å². The van der Waals surface area contributed by atoms with Crippen LogP contribution in [0.15, 0.2) is 47.4 Å². The summed E-state index contributed by atoms with van der Waals surface area (Å²) in [5.74, 6) is 1.44. The predicted molar refractivity (Wildman–Crippen MR) is 84.0 cm³/mol. The number of hydrogen-bond donors (Lipinski definition) is 0. The predicted octanol–water partition coefficient (Wildman–Crippen LogP) is 4.29. The van der Waals surface area contributed by atoms with Gasteiger partial charge < -0.3 is 4.74 Å². The Hall–Kier alpha value is -1.74. The van der Waals surface area contributed by atoms with Gasteiger partial charge in [-0.05, 0) is 55.3 Å². The van der Waals surface area contributed by atoms with Crippen LogP contribution in [0.25, 0.3) is 0 Å². The molecule has 0 spiro atoms. The summed E-state index contributed by atoms with van der Waals surface area (Å²) < 4.78 is 5.11. The second-order valence-corrected chi connectivity index (χ2v) is 5.74. The summed E-state index contributed by atoms with van der Waals surface area (Å²) in [6, 6.07) is 13.6. The van der Waals surface area contributed by atoms with Crippen molar-refractivity contribution in [2.75, 3.05) is 12.9 Å². The van der Waals surface area contributed by atoms with Crippen molar-refractivity contribution in [3.8, 4) is 5.75 Å². The number of hydrogen-bond acceptors (Lipinski definition) is 3. The van der Waals surface area contributed by atoms with Crippen LogP contribution in [-0.4, -0.2) is 18.6 Å². The van der Waals surface area contributed by atoms with Gasteiger partial charge in [-0.3, -0.25) is 4.79 Å². The Bertz CT molecular complexity index is 603. The van der Waals surface area contributed by atoms with Gasteiger partial charge in [0.15, 0.2) is 5.78 Å². The Balaban J connectivity index is 1.98. The molecule has 0 atom stereocenters. The van der Waals surface area contributed by atoms with Crippen molar-refractivity contribution in [3.05, 3.63) is 59.2 Å². The lowest BCUT2D eigenvalue weighted by Crippen LogP contribution is -2.03. The van der Waals surface area contributed by atoms with Crippen LogP contribution in [0.1, 0.15) is 21.5 Å². The van der Waals surface area contributed by atoms with E-state index in [4.69, 9.17) is 4.74 Å². The second kappa shape index (κ2) is 6.62. The molecule has 0 unspecified atom stereocenters. The molecule has 2 nitrogen and oxygen atoms in total. The summed E-state index contributed by atoms with van der Waals surface area (Å²) in [6.07, 6.45) is 0. The third kappa shape index (κ3) is 3.64. The Labute approximate surface area is 124 Å². The average Bonchev–Trinajstić information content (AvgIpc) is 2.48. The van der Waals surface area contributed by atoms with Crippen LogP contribution in [0.5, 0.6) is 5.75 Å². The number of aryl methyl sites for hydroxylation is 2. The molecule has 0 aromatic heterocycles. The van der Waals surface area contributed by atoms with Gasteiger partial charge in [-0.15, -0.1) is 11.8 Å². The molecule has 0 saturated carbocycles. The summed E-state index contributed by atoms with van der Waals surface area (Å²) in [6.45, 7) is 4.08. The van der Waals surface area contributed by atoms with Crippen LogP contribution in [0, 0.1) is 13.8 Å².